The van der Waals surface area contributed by atoms with Crippen LogP contribution in [0.25, 0.3) is 0 Å². The number of carbonyl (C=O) groups is 1. The molecular formula is C15H27N3O. The Bertz CT molecular complexity index is 345. The highest BCUT2D eigenvalue weighted by molar-refractivity contribution is 5.91. The molecule has 2 aliphatic carbocycles. The Morgan fingerprint density at radius 1 is 1.32 bits per heavy atom. The number of hydrogen-bond acceptors (Lipinski definition) is 3. The molecule has 0 bridgehead atoms. The number of carbonyl (C=O) groups excluding carboxylic acids is 1. The van der Waals surface area contributed by atoms with E-state index in [2.05, 4.69) is 29.2 Å². The van der Waals surface area contributed by atoms with E-state index in [-0.39, 0.29) is 5.54 Å². The lowest BCUT2D eigenvalue weighted by Gasteiger charge is -2.29. The molecule has 0 aromatic rings. The molecule has 1 saturated heterocycles. The summed E-state index contributed by atoms with van der Waals surface area (Å²) in [6, 6.07) is 0. The monoisotopic (exact) mass is 265 g/mol. The van der Waals surface area contributed by atoms with Gasteiger partial charge in [0, 0.05) is 6.54 Å². The van der Waals surface area contributed by atoms with Crippen LogP contribution in [0.2, 0.25) is 0 Å². The summed E-state index contributed by atoms with van der Waals surface area (Å²) in [6.45, 7) is 1.99. The van der Waals surface area contributed by atoms with Crippen molar-refractivity contribution in [1.82, 2.24) is 15.1 Å². The summed E-state index contributed by atoms with van der Waals surface area (Å²) in [6.07, 6.45) is 8.80. The van der Waals surface area contributed by atoms with Gasteiger partial charge in [0.25, 0.3) is 0 Å². The van der Waals surface area contributed by atoms with Gasteiger partial charge in [-0.15, -0.1) is 0 Å². The zero-order valence-corrected chi connectivity index (χ0v) is 12.3. The molecule has 0 aromatic carbocycles. The highest BCUT2D eigenvalue weighted by Crippen LogP contribution is 2.45. The van der Waals surface area contributed by atoms with Gasteiger partial charge < -0.3 is 9.80 Å². The van der Waals surface area contributed by atoms with Gasteiger partial charge in [0.1, 0.15) is 0 Å². The summed E-state index contributed by atoms with van der Waals surface area (Å²) >= 11 is 0. The number of nitrogens with zero attached hydrogens (tertiary/aromatic N) is 2. The minimum atomic E-state index is -0.134. The molecule has 19 heavy (non-hydrogen) atoms. The van der Waals surface area contributed by atoms with Crippen molar-refractivity contribution in [3.8, 4) is 0 Å². The predicted octanol–water partition coefficient (Wildman–Crippen LogP) is 1.42. The van der Waals surface area contributed by atoms with Crippen molar-refractivity contribution in [3.05, 3.63) is 0 Å². The molecular weight excluding hydrogens is 238 g/mol. The molecule has 4 nitrogen and oxygen atoms in total. The van der Waals surface area contributed by atoms with Crippen LogP contribution in [0.3, 0.4) is 0 Å². The summed E-state index contributed by atoms with van der Waals surface area (Å²) in [5.74, 6) is 1.09. The van der Waals surface area contributed by atoms with Crippen molar-refractivity contribution in [3.63, 3.8) is 0 Å². The van der Waals surface area contributed by atoms with Gasteiger partial charge in [-0.2, -0.15) is 0 Å². The minimum absolute atomic E-state index is 0.134. The number of nitrogens with one attached hydrogen (secondary N) is 1. The van der Waals surface area contributed by atoms with Gasteiger partial charge >= 0.3 is 0 Å². The summed E-state index contributed by atoms with van der Waals surface area (Å²) in [5.41, 5.74) is -0.134. The molecule has 1 unspecified atom stereocenters. The number of amides is 1. The van der Waals surface area contributed by atoms with Gasteiger partial charge in [-0.05, 0) is 58.7 Å². The lowest BCUT2D eigenvalue weighted by molar-refractivity contribution is -0.131. The molecule has 2 saturated carbocycles. The standard InChI is InChI=1S/C15H27N3O/c1-17(2)10-5-11-18-13(12-6-3-4-7-12)16-15(8-9-15)14(18)19/h12-13,16H,3-11H2,1-2H3. The maximum Gasteiger partial charge on any atom is 0.244 e. The van der Waals surface area contributed by atoms with Crippen LogP contribution in [0, 0.1) is 5.92 Å². The van der Waals surface area contributed by atoms with Crippen molar-refractivity contribution in [2.24, 2.45) is 5.92 Å². The van der Waals surface area contributed by atoms with E-state index < -0.39 is 0 Å². The van der Waals surface area contributed by atoms with Crippen molar-refractivity contribution in [2.45, 2.75) is 56.7 Å². The van der Waals surface area contributed by atoms with Gasteiger partial charge in [-0.3, -0.25) is 10.1 Å². The van der Waals surface area contributed by atoms with Gasteiger partial charge in [-0.25, -0.2) is 0 Å². The van der Waals surface area contributed by atoms with Crippen molar-refractivity contribution in [2.75, 3.05) is 27.2 Å². The Morgan fingerprint density at radius 3 is 2.58 bits per heavy atom. The fourth-order valence-electron chi connectivity index (χ4n) is 3.75. The molecule has 1 spiro atoms. The van der Waals surface area contributed by atoms with Crippen LogP contribution in [0.4, 0.5) is 0 Å². The Hall–Kier alpha value is -0.610. The zero-order chi connectivity index (χ0) is 13.5. The van der Waals surface area contributed by atoms with Crippen LogP contribution in [0.1, 0.15) is 44.9 Å². The Morgan fingerprint density at radius 2 is 2.00 bits per heavy atom. The van der Waals surface area contributed by atoms with Gasteiger partial charge in [0.2, 0.25) is 5.91 Å². The molecule has 1 N–H and O–H groups in total. The van der Waals surface area contributed by atoms with E-state index >= 15 is 0 Å². The topological polar surface area (TPSA) is 35.6 Å². The SMILES string of the molecule is CN(C)CCCN1C(=O)C2(CC2)NC1C1CCCC1. The fraction of sp³-hybridized carbons (Fsp3) is 0.933. The van der Waals surface area contributed by atoms with Crippen LogP contribution in [-0.2, 0) is 4.79 Å². The van der Waals surface area contributed by atoms with Gasteiger partial charge in [0.05, 0.1) is 11.7 Å². The van der Waals surface area contributed by atoms with Crippen LogP contribution in [0.5, 0.6) is 0 Å². The minimum Gasteiger partial charge on any atom is -0.325 e. The second-order valence-corrected chi connectivity index (χ2v) is 6.87. The normalized spacial score (nSPS) is 29.9. The van der Waals surface area contributed by atoms with E-state index in [0.717, 1.165) is 32.4 Å². The molecule has 1 aliphatic heterocycles. The van der Waals surface area contributed by atoms with Crippen LogP contribution < -0.4 is 5.32 Å². The molecule has 4 heteroatoms. The maximum absolute atomic E-state index is 12.6. The smallest absolute Gasteiger partial charge is 0.244 e. The lowest BCUT2D eigenvalue weighted by Crippen LogP contribution is -2.43. The summed E-state index contributed by atoms with van der Waals surface area (Å²) in [7, 11) is 4.20. The third-order valence-corrected chi connectivity index (χ3v) is 5.03. The van der Waals surface area contributed by atoms with Crippen molar-refractivity contribution in [1.29, 1.82) is 0 Å². The molecule has 1 heterocycles. The first kappa shape index (κ1) is 13.4. The summed E-state index contributed by atoms with van der Waals surface area (Å²) in [5, 5.41) is 3.68. The van der Waals surface area contributed by atoms with E-state index in [0.29, 0.717) is 18.0 Å². The van der Waals surface area contributed by atoms with E-state index in [4.69, 9.17) is 0 Å². The third kappa shape index (κ3) is 2.52. The predicted molar refractivity (Wildman–Crippen MR) is 75.7 cm³/mol. The third-order valence-electron chi connectivity index (χ3n) is 5.03. The molecule has 108 valence electrons. The average Bonchev–Trinajstić information content (AvgIpc) is 2.84. The first-order valence-electron chi connectivity index (χ1n) is 7.86. The molecule has 3 fully saturated rings. The number of hydrogen-bond donors (Lipinski definition) is 1. The van der Waals surface area contributed by atoms with Crippen LogP contribution >= 0.6 is 0 Å². The quantitative estimate of drug-likeness (QED) is 0.816. The second-order valence-electron chi connectivity index (χ2n) is 6.87. The molecule has 1 amide bonds. The first-order valence-corrected chi connectivity index (χ1v) is 7.86. The largest absolute Gasteiger partial charge is 0.325 e. The summed E-state index contributed by atoms with van der Waals surface area (Å²) in [4.78, 5) is 17.0. The zero-order valence-electron chi connectivity index (χ0n) is 12.3. The van der Waals surface area contributed by atoms with E-state index in [1.54, 1.807) is 0 Å². The lowest BCUT2D eigenvalue weighted by atomic mass is 10.0. The fourth-order valence-corrected chi connectivity index (χ4v) is 3.75. The van der Waals surface area contributed by atoms with Crippen molar-refractivity contribution < 1.29 is 4.79 Å². The highest BCUT2D eigenvalue weighted by Gasteiger charge is 2.60. The molecule has 0 aromatic heterocycles. The Balaban J connectivity index is 1.64. The van der Waals surface area contributed by atoms with E-state index in [1.807, 2.05) is 0 Å². The average molecular weight is 265 g/mol. The Kier molecular flexibility index (Phi) is 3.56. The van der Waals surface area contributed by atoms with E-state index in [9.17, 15) is 4.79 Å². The van der Waals surface area contributed by atoms with Crippen LogP contribution in [0.15, 0.2) is 0 Å². The molecule has 3 rings (SSSR count). The number of rotatable bonds is 5. The summed E-state index contributed by atoms with van der Waals surface area (Å²) < 4.78 is 0. The van der Waals surface area contributed by atoms with Crippen molar-refractivity contribution >= 4 is 5.91 Å². The van der Waals surface area contributed by atoms with Gasteiger partial charge in [0.15, 0.2) is 0 Å². The highest BCUT2D eigenvalue weighted by atomic mass is 16.2. The van der Waals surface area contributed by atoms with E-state index in [1.165, 1.54) is 25.7 Å². The molecule has 1 atom stereocenters. The van der Waals surface area contributed by atoms with Gasteiger partial charge in [-0.1, -0.05) is 12.8 Å². The second kappa shape index (κ2) is 5.06. The molecule has 0 radical (unpaired) electrons. The first-order chi connectivity index (χ1) is 9.12. The van der Waals surface area contributed by atoms with Crippen LogP contribution in [-0.4, -0.2) is 54.6 Å². The maximum atomic E-state index is 12.6. The Labute approximate surface area is 116 Å². The molecule has 3 aliphatic rings.